The number of ether oxygens (including phenoxy) is 3. The van der Waals surface area contributed by atoms with Crippen molar-refractivity contribution in [2.45, 2.75) is 103 Å². The Labute approximate surface area is 337 Å². The first-order chi connectivity index (χ1) is 26.9. The second kappa shape index (κ2) is 18.1. The normalized spacial score (nSPS) is 16.1. The summed E-state index contributed by atoms with van der Waals surface area (Å²) in [7, 11) is -2.08. The fourth-order valence-corrected chi connectivity index (χ4v) is 6.92. The van der Waals surface area contributed by atoms with Crippen molar-refractivity contribution in [2.75, 3.05) is 11.9 Å². The minimum atomic E-state index is -2.08. The van der Waals surface area contributed by atoms with Gasteiger partial charge in [0.15, 0.2) is 0 Å². The number of para-hydroxylation sites is 1. The highest BCUT2D eigenvalue weighted by molar-refractivity contribution is 6.74. The van der Waals surface area contributed by atoms with E-state index in [1.54, 1.807) is 81.4 Å². The van der Waals surface area contributed by atoms with Crippen LogP contribution in [-0.4, -0.2) is 61.5 Å². The Morgan fingerprint density at radius 1 is 0.754 bits per heavy atom. The molecular weight excluding hydrogens is 739 g/mol. The smallest absolute Gasteiger partial charge is 0.413 e. The monoisotopic (exact) mass is 793 g/mol. The number of nitrogens with zero attached hydrogens (tertiary/aromatic N) is 1. The number of rotatable bonds is 11. The minimum Gasteiger partial charge on any atom is -0.544 e. The molecule has 1 aliphatic rings. The molecule has 3 amide bonds. The predicted octanol–water partition coefficient (Wildman–Crippen LogP) is 9.60. The summed E-state index contributed by atoms with van der Waals surface area (Å²) >= 11 is 0. The molecule has 1 aliphatic heterocycles. The van der Waals surface area contributed by atoms with E-state index in [1.807, 2.05) is 30.3 Å². The quantitative estimate of drug-likeness (QED) is 0.113. The second-order valence-corrected chi connectivity index (χ2v) is 21.5. The number of esters is 1. The van der Waals surface area contributed by atoms with Crippen LogP contribution in [0.3, 0.4) is 0 Å². The van der Waals surface area contributed by atoms with E-state index in [0.717, 1.165) is 5.56 Å². The third-order valence-corrected chi connectivity index (χ3v) is 14.4. The average Bonchev–Trinajstić information content (AvgIpc) is 3.35. The van der Waals surface area contributed by atoms with E-state index < -0.39 is 38.3 Å². The van der Waals surface area contributed by atoms with Crippen LogP contribution in [0.25, 0.3) is 0 Å². The standard InChI is InChI=1S/C45H55N3O8Si/c1-44(2,3)55-43(52)48-29-15-14-19-37(47-39(49)32-23-27-35(28-24-32)56-57(7,8)45(4,5)6)41(48)54-42(51)33-21-25-34(26-22-33)46-40(50)36-18-12-13-20-38(36)53-30-31-16-10-9-11-17-31/h9-13,16-18,20-28,37,41H,14-15,19,29-30H2,1-8H3,(H,46,50)(H,47,49). The fraction of sp³-hybridized carbons (Fsp3) is 0.378. The lowest BCUT2D eigenvalue weighted by atomic mass is 10.1. The number of benzene rings is 4. The summed E-state index contributed by atoms with van der Waals surface area (Å²) in [4.78, 5) is 55.7. The zero-order chi connectivity index (χ0) is 41.4. The molecule has 1 fully saturated rings. The van der Waals surface area contributed by atoms with Gasteiger partial charge in [0.2, 0.25) is 14.5 Å². The maximum absolute atomic E-state index is 13.8. The number of nitrogens with one attached hydrogen (secondary N) is 2. The topological polar surface area (TPSA) is 132 Å². The molecule has 2 atom stereocenters. The van der Waals surface area contributed by atoms with E-state index in [1.165, 1.54) is 17.0 Å². The van der Waals surface area contributed by atoms with Gasteiger partial charge in [-0.05, 0) is 124 Å². The Balaban J connectivity index is 1.30. The lowest BCUT2D eigenvalue weighted by Crippen LogP contribution is -2.55. The number of anilines is 1. The van der Waals surface area contributed by atoms with E-state index in [2.05, 4.69) is 44.5 Å². The lowest BCUT2D eigenvalue weighted by Gasteiger charge is -2.36. The van der Waals surface area contributed by atoms with E-state index in [4.69, 9.17) is 18.6 Å². The van der Waals surface area contributed by atoms with Gasteiger partial charge >= 0.3 is 12.1 Å². The van der Waals surface area contributed by atoms with Crippen molar-refractivity contribution >= 4 is 37.9 Å². The zero-order valence-corrected chi connectivity index (χ0v) is 35.2. The van der Waals surface area contributed by atoms with Gasteiger partial charge in [0.25, 0.3) is 11.8 Å². The highest BCUT2D eigenvalue weighted by atomic mass is 28.4. The molecule has 4 aromatic carbocycles. The van der Waals surface area contributed by atoms with Gasteiger partial charge < -0.3 is 29.3 Å². The number of hydrogen-bond acceptors (Lipinski definition) is 8. The summed E-state index contributed by atoms with van der Waals surface area (Å²) in [6.45, 7) is 16.7. The molecule has 4 aromatic rings. The predicted molar refractivity (Wildman–Crippen MR) is 223 cm³/mol. The molecule has 1 saturated heterocycles. The number of amides is 3. The second-order valence-electron chi connectivity index (χ2n) is 16.7. The van der Waals surface area contributed by atoms with E-state index in [0.29, 0.717) is 54.2 Å². The number of hydrogen-bond donors (Lipinski definition) is 2. The van der Waals surface area contributed by atoms with Gasteiger partial charge in [-0.3, -0.25) is 14.5 Å². The van der Waals surface area contributed by atoms with Crippen LogP contribution < -0.4 is 19.8 Å². The van der Waals surface area contributed by atoms with Gasteiger partial charge in [-0.1, -0.05) is 63.2 Å². The average molecular weight is 794 g/mol. The Hall–Kier alpha value is -5.62. The molecule has 1 heterocycles. The molecular formula is C45H55N3O8Si. The van der Waals surface area contributed by atoms with Crippen LogP contribution in [0.5, 0.6) is 11.5 Å². The summed E-state index contributed by atoms with van der Waals surface area (Å²) in [5, 5.41) is 5.92. The van der Waals surface area contributed by atoms with Crippen LogP contribution >= 0.6 is 0 Å². The van der Waals surface area contributed by atoms with Gasteiger partial charge in [0.1, 0.15) is 23.7 Å². The van der Waals surface area contributed by atoms with Crippen molar-refractivity contribution in [1.82, 2.24) is 10.2 Å². The summed E-state index contributed by atoms with van der Waals surface area (Å²) in [6.07, 6.45) is -0.0660. The van der Waals surface area contributed by atoms with Crippen molar-refractivity contribution in [3.05, 3.63) is 125 Å². The minimum absolute atomic E-state index is 0.0124. The van der Waals surface area contributed by atoms with Gasteiger partial charge in [0, 0.05) is 17.8 Å². The third-order valence-electron chi connectivity index (χ3n) is 10.0. The summed E-state index contributed by atoms with van der Waals surface area (Å²) < 4.78 is 24.2. The highest BCUT2D eigenvalue weighted by Crippen LogP contribution is 2.37. The molecule has 0 radical (unpaired) electrons. The Morgan fingerprint density at radius 2 is 1.39 bits per heavy atom. The van der Waals surface area contributed by atoms with Crippen LogP contribution in [-0.2, 0) is 16.1 Å². The summed E-state index contributed by atoms with van der Waals surface area (Å²) in [5.41, 5.74) is 1.56. The fourth-order valence-electron chi connectivity index (χ4n) is 5.89. The lowest BCUT2D eigenvalue weighted by molar-refractivity contribution is -0.0556. The Morgan fingerprint density at radius 3 is 2.04 bits per heavy atom. The van der Waals surface area contributed by atoms with Crippen molar-refractivity contribution in [3.63, 3.8) is 0 Å². The summed E-state index contributed by atoms with van der Waals surface area (Å²) in [5.74, 6) is -0.334. The van der Waals surface area contributed by atoms with Crippen LogP contribution in [0.15, 0.2) is 103 Å². The first-order valence-corrected chi connectivity index (χ1v) is 22.3. The zero-order valence-electron chi connectivity index (χ0n) is 34.2. The SMILES string of the molecule is CC(C)(C)OC(=O)N1CCCCC(NC(=O)c2ccc(O[Si](C)(C)C(C)(C)C)cc2)C1OC(=O)c1ccc(NC(=O)c2ccccc2OCc2ccccc2)cc1. The van der Waals surface area contributed by atoms with Gasteiger partial charge in [0.05, 0.1) is 17.2 Å². The molecule has 2 N–H and O–H groups in total. The number of carbonyl (C=O) groups excluding carboxylic acids is 4. The molecule has 11 nitrogen and oxygen atoms in total. The Kier molecular flexibility index (Phi) is 13.5. The molecule has 302 valence electrons. The van der Waals surface area contributed by atoms with E-state index in [9.17, 15) is 19.2 Å². The van der Waals surface area contributed by atoms with Crippen molar-refractivity contribution in [3.8, 4) is 11.5 Å². The molecule has 0 bridgehead atoms. The van der Waals surface area contributed by atoms with Gasteiger partial charge in [-0.25, -0.2) is 9.59 Å². The number of likely N-dealkylation sites (tertiary alicyclic amines) is 1. The van der Waals surface area contributed by atoms with Crippen molar-refractivity contribution < 1.29 is 37.8 Å². The maximum atomic E-state index is 13.8. The maximum Gasteiger partial charge on any atom is 0.413 e. The molecule has 5 rings (SSSR count). The molecule has 57 heavy (non-hydrogen) atoms. The van der Waals surface area contributed by atoms with Crippen LogP contribution in [0.4, 0.5) is 10.5 Å². The molecule has 12 heteroatoms. The molecule has 0 spiro atoms. The van der Waals surface area contributed by atoms with Crippen molar-refractivity contribution in [1.29, 1.82) is 0 Å². The van der Waals surface area contributed by atoms with Crippen LogP contribution in [0.2, 0.25) is 18.1 Å². The third kappa shape index (κ3) is 11.7. The molecule has 0 aromatic heterocycles. The van der Waals surface area contributed by atoms with Gasteiger partial charge in [-0.2, -0.15) is 0 Å². The largest absolute Gasteiger partial charge is 0.544 e. The summed E-state index contributed by atoms with van der Waals surface area (Å²) in [6, 6.07) is 29.2. The first-order valence-electron chi connectivity index (χ1n) is 19.4. The molecule has 2 unspecified atom stereocenters. The molecule has 0 saturated carbocycles. The Bertz CT molecular complexity index is 2010. The first kappa shape index (κ1) is 42.5. The highest BCUT2D eigenvalue weighted by Gasteiger charge is 2.40. The van der Waals surface area contributed by atoms with Crippen LogP contribution in [0, 0.1) is 0 Å². The van der Waals surface area contributed by atoms with Crippen molar-refractivity contribution in [2.24, 2.45) is 0 Å². The van der Waals surface area contributed by atoms with Gasteiger partial charge in [-0.15, -0.1) is 0 Å². The van der Waals surface area contributed by atoms with E-state index >= 15 is 0 Å². The van der Waals surface area contributed by atoms with Crippen LogP contribution in [0.1, 0.15) is 97.4 Å². The number of carbonyl (C=O) groups is 4. The molecule has 0 aliphatic carbocycles. The van der Waals surface area contributed by atoms with E-state index in [-0.39, 0.29) is 29.0 Å².